The molecule has 0 amide bonds. The van der Waals surface area contributed by atoms with Crippen LogP contribution in [0.25, 0.3) is 0 Å². The molecule has 0 bridgehead atoms. The molecule has 11 heteroatoms. The Morgan fingerprint density at radius 1 is 1.26 bits per heavy atom. The van der Waals surface area contributed by atoms with Crippen molar-refractivity contribution in [1.29, 1.82) is 0 Å². The van der Waals surface area contributed by atoms with E-state index in [1.807, 2.05) is 27.7 Å². The van der Waals surface area contributed by atoms with Crippen LogP contribution in [0, 0.1) is 5.92 Å². The second kappa shape index (κ2) is 7.27. The number of carbonyl (C=O) groups is 1. The lowest BCUT2D eigenvalue weighted by Gasteiger charge is -2.32. The Hall–Kier alpha value is -0.715. The van der Waals surface area contributed by atoms with Gasteiger partial charge in [0.05, 0.1) is 11.2 Å². The molecule has 27 heavy (non-hydrogen) atoms. The fourth-order valence-electron chi connectivity index (χ4n) is 3.51. The minimum absolute atomic E-state index is 0.0900. The zero-order valence-corrected chi connectivity index (χ0v) is 17.9. The minimum atomic E-state index is -3.71. The first-order valence-corrected chi connectivity index (χ1v) is 10.6. The summed E-state index contributed by atoms with van der Waals surface area (Å²) in [6.07, 6.45) is 1.70. The quantitative estimate of drug-likeness (QED) is 0.587. The van der Waals surface area contributed by atoms with E-state index >= 15 is 0 Å². The lowest BCUT2D eigenvalue weighted by molar-refractivity contribution is -0.144. The van der Waals surface area contributed by atoms with Crippen molar-refractivity contribution in [3.63, 3.8) is 0 Å². The SMILES string of the molecule is CN(C)S(=O)(=O)N1C[C@H](CCCB2OC(C)(C)C(C)(C)O2)[C@](N)(C(=O)O)C1. The molecule has 0 unspecified atom stereocenters. The maximum Gasteiger partial charge on any atom is 0.457 e. The number of rotatable bonds is 7. The van der Waals surface area contributed by atoms with Gasteiger partial charge in [0.1, 0.15) is 5.54 Å². The van der Waals surface area contributed by atoms with E-state index in [4.69, 9.17) is 15.0 Å². The van der Waals surface area contributed by atoms with E-state index in [0.29, 0.717) is 19.2 Å². The van der Waals surface area contributed by atoms with Gasteiger partial charge in [0.25, 0.3) is 10.2 Å². The van der Waals surface area contributed by atoms with Crippen molar-refractivity contribution in [2.75, 3.05) is 27.2 Å². The van der Waals surface area contributed by atoms with Gasteiger partial charge in [-0.25, -0.2) is 0 Å². The standard InChI is InChI=1S/C16H32BN3O6S/c1-14(2)15(3,4)26-17(25-14)9-7-8-12-10-20(27(23,24)19(5)6)11-16(12,18)13(21)22/h12H,7-11,18H2,1-6H3,(H,21,22)/t12-,16-/m0/s1. The van der Waals surface area contributed by atoms with Crippen LogP contribution in [-0.2, 0) is 24.3 Å². The molecule has 2 aliphatic heterocycles. The molecule has 0 aromatic carbocycles. The monoisotopic (exact) mass is 405 g/mol. The number of nitrogens with zero attached hydrogens (tertiary/aromatic N) is 2. The van der Waals surface area contributed by atoms with Crippen LogP contribution in [0.4, 0.5) is 0 Å². The van der Waals surface area contributed by atoms with Gasteiger partial charge < -0.3 is 20.1 Å². The average molecular weight is 405 g/mol. The summed E-state index contributed by atoms with van der Waals surface area (Å²) in [6.45, 7) is 7.76. The highest BCUT2D eigenvalue weighted by molar-refractivity contribution is 7.86. The molecule has 2 saturated heterocycles. The summed E-state index contributed by atoms with van der Waals surface area (Å²) in [5.74, 6) is -1.66. The topological polar surface area (TPSA) is 122 Å². The highest BCUT2D eigenvalue weighted by atomic mass is 32.2. The van der Waals surface area contributed by atoms with E-state index < -0.39 is 38.8 Å². The van der Waals surface area contributed by atoms with Crippen molar-refractivity contribution in [1.82, 2.24) is 8.61 Å². The summed E-state index contributed by atoms with van der Waals surface area (Å²) < 4.78 is 38.9. The third kappa shape index (κ3) is 4.18. The van der Waals surface area contributed by atoms with E-state index in [0.717, 1.165) is 8.61 Å². The van der Waals surface area contributed by atoms with E-state index in [1.165, 1.54) is 14.1 Å². The van der Waals surface area contributed by atoms with Gasteiger partial charge in [-0.3, -0.25) is 4.79 Å². The predicted octanol–water partition coefficient (Wildman–Crippen LogP) is 0.379. The van der Waals surface area contributed by atoms with Crippen LogP contribution >= 0.6 is 0 Å². The number of nitrogens with two attached hydrogens (primary N) is 1. The Morgan fingerprint density at radius 3 is 2.22 bits per heavy atom. The molecule has 0 saturated carbocycles. The summed E-state index contributed by atoms with van der Waals surface area (Å²) in [4.78, 5) is 11.8. The molecule has 9 nitrogen and oxygen atoms in total. The van der Waals surface area contributed by atoms with Crippen LogP contribution < -0.4 is 5.73 Å². The van der Waals surface area contributed by atoms with E-state index in [2.05, 4.69) is 0 Å². The van der Waals surface area contributed by atoms with Gasteiger partial charge in [-0.1, -0.05) is 6.42 Å². The molecule has 156 valence electrons. The van der Waals surface area contributed by atoms with Gasteiger partial charge >= 0.3 is 13.1 Å². The first-order valence-electron chi connectivity index (χ1n) is 9.19. The van der Waals surface area contributed by atoms with Gasteiger partial charge in [-0.05, 0) is 40.4 Å². The molecule has 0 spiro atoms. The van der Waals surface area contributed by atoms with E-state index in [9.17, 15) is 18.3 Å². The normalized spacial score (nSPS) is 31.0. The third-order valence-corrected chi connectivity index (χ3v) is 7.92. The van der Waals surface area contributed by atoms with Gasteiger partial charge in [-0.15, -0.1) is 0 Å². The number of carboxylic acid groups (broad SMARTS) is 1. The number of carboxylic acids is 1. The second-order valence-electron chi connectivity index (χ2n) is 8.74. The maximum atomic E-state index is 12.4. The van der Waals surface area contributed by atoms with Crippen molar-refractivity contribution in [2.24, 2.45) is 11.7 Å². The molecule has 2 heterocycles. The van der Waals surface area contributed by atoms with Crippen LogP contribution in [0.5, 0.6) is 0 Å². The van der Waals surface area contributed by atoms with Crippen molar-refractivity contribution in [2.45, 2.75) is 63.6 Å². The summed E-state index contributed by atoms with van der Waals surface area (Å²) in [5.41, 5.74) is 3.70. The van der Waals surface area contributed by atoms with E-state index in [-0.39, 0.29) is 20.2 Å². The van der Waals surface area contributed by atoms with Gasteiger partial charge in [-0.2, -0.15) is 17.0 Å². The van der Waals surface area contributed by atoms with Gasteiger partial charge in [0.2, 0.25) is 0 Å². The number of hydrogen-bond donors (Lipinski definition) is 2. The largest absolute Gasteiger partial charge is 0.480 e. The predicted molar refractivity (Wildman–Crippen MR) is 102 cm³/mol. The van der Waals surface area contributed by atoms with Crippen LogP contribution in [0.1, 0.15) is 40.5 Å². The van der Waals surface area contributed by atoms with Gasteiger partial charge in [0.15, 0.2) is 0 Å². The summed E-state index contributed by atoms with van der Waals surface area (Å²) in [7, 11) is -1.24. The number of aliphatic carboxylic acids is 1. The lowest BCUT2D eigenvalue weighted by Crippen LogP contribution is -2.55. The third-order valence-electron chi connectivity index (χ3n) is 6.07. The highest BCUT2D eigenvalue weighted by Crippen LogP contribution is 2.39. The molecule has 0 aliphatic carbocycles. The Morgan fingerprint density at radius 2 is 1.78 bits per heavy atom. The zero-order valence-electron chi connectivity index (χ0n) is 17.1. The second-order valence-corrected chi connectivity index (χ2v) is 10.9. The molecule has 2 fully saturated rings. The molecular formula is C16H32BN3O6S. The summed E-state index contributed by atoms with van der Waals surface area (Å²) in [5, 5.41) is 9.60. The zero-order chi connectivity index (χ0) is 20.8. The highest BCUT2D eigenvalue weighted by Gasteiger charge is 2.53. The first-order chi connectivity index (χ1) is 12.1. The Labute approximate surface area is 162 Å². The molecule has 3 N–H and O–H groups in total. The lowest BCUT2D eigenvalue weighted by atomic mass is 9.78. The van der Waals surface area contributed by atoms with E-state index in [1.54, 1.807) is 0 Å². The number of hydrogen-bond acceptors (Lipinski definition) is 6. The molecule has 0 aromatic rings. The van der Waals surface area contributed by atoms with Crippen molar-refractivity contribution < 1.29 is 27.6 Å². The van der Waals surface area contributed by atoms with Crippen LogP contribution in [0.3, 0.4) is 0 Å². The molecular weight excluding hydrogens is 373 g/mol. The Bertz CT molecular complexity index is 668. The maximum absolute atomic E-state index is 12.4. The van der Waals surface area contributed by atoms with Crippen molar-refractivity contribution in [3.05, 3.63) is 0 Å². The molecule has 2 rings (SSSR count). The van der Waals surface area contributed by atoms with Crippen LogP contribution in [0.15, 0.2) is 0 Å². The fraction of sp³-hybridized carbons (Fsp3) is 0.938. The molecule has 2 aliphatic rings. The minimum Gasteiger partial charge on any atom is -0.480 e. The summed E-state index contributed by atoms with van der Waals surface area (Å²) >= 11 is 0. The van der Waals surface area contributed by atoms with Crippen molar-refractivity contribution >= 4 is 23.3 Å². The van der Waals surface area contributed by atoms with Crippen molar-refractivity contribution in [3.8, 4) is 0 Å². The average Bonchev–Trinajstić information content (AvgIpc) is 2.94. The van der Waals surface area contributed by atoms with Crippen LogP contribution in [0.2, 0.25) is 6.32 Å². The van der Waals surface area contributed by atoms with Crippen LogP contribution in [-0.4, -0.2) is 79.1 Å². The smallest absolute Gasteiger partial charge is 0.457 e. The molecule has 2 atom stereocenters. The fourth-order valence-corrected chi connectivity index (χ4v) is 4.71. The molecule has 0 aromatic heterocycles. The summed E-state index contributed by atoms with van der Waals surface area (Å²) in [6, 6.07) is 0. The molecule has 0 radical (unpaired) electrons. The first kappa shape index (κ1) is 22.6. The Balaban J connectivity index is 2.01. The van der Waals surface area contributed by atoms with Gasteiger partial charge in [0, 0.05) is 33.1 Å². The Kier molecular flexibility index (Phi) is 6.08.